The zero-order chi connectivity index (χ0) is 29.4. The third-order valence-corrected chi connectivity index (χ3v) is 8.21. The quantitative estimate of drug-likeness (QED) is 0.210. The van der Waals surface area contributed by atoms with E-state index in [0.29, 0.717) is 44.5 Å². The van der Waals surface area contributed by atoms with Gasteiger partial charge in [-0.1, -0.05) is 23.8 Å². The van der Waals surface area contributed by atoms with Gasteiger partial charge < -0.3 is 30.5 Å². The van der Waals surface area contributed by atoms with Crippen molar-refractivity contribution in [2.24, 2.45) is 5.92 Å². The van der Waals surface area contributed by atoms with Crippen LogP contribution < -0.4 is 20.7 Å². The van der Waals surface area contributed by atoms with Crippen molar-refractivity contribution in [3.8, 4) is 5.75 Å². The van der Waals surface area contributed by atoms with E-state index in [1.165, 1.54) is 0 Å². The summed E-state index contributed by atoms with van der Waals surface area (Å²) in [6, 6.07) is 4.61. The maximum atomic E-state index is 13.7. The van der Waals surface area contributed by atoms with Crippen LogP contribution in [0.3, 0.4) is 0 Å². The summed E-state index contributed by atoms with van der Waals surface area (Å²) < 4.78 is 10.5. The minimum Gasteiger partial charge on any atom is -0.497 e. The van der Waals surface area contributed by atoms with E-state index in [9.17, 15) is 24.3 Å². The van der Waals surface area contributed by atoms with E-state index >= 15 is 0 Å². The van der Waals surface area contributed by atoms with Gasteiger partial charge in [-0.2, -0.15) is 0 Å². The molecule has 1 aromatic carbocycles. The molecule has 2 fully saturated rings. The number of hydrogen-bond acceptors (Lipinski definition) is 7. The Bertz CT molecular complexity index is 1110. The van der Waals surface area contributed by atoms with Crippen LogP contribution in [-0.4, -0.2) is 72.7 Å². The number of rotatable bonds is 13. The van der Waals surface area contributed by atoms with Crippen molar-refractivity contribution in [1.82, 2.24) is 16.0 Å². The van der Waals surface area contributed by atoms with Crippen LogP contribution in [0.5, 0.6) is 5.75 Å². The van der Waals surface area contributed by atoms with Crippen LogP contribution in [0.15, 0.2) is 35.9 Å². The number of benzene rings is 1. The second kappa shape index (κ2) is 14.6. The first-order valence-electron chi connectivity index (χ1n) is 14.8. The third-order valence-electron chi connectivity index (χ3n) is 8.21. The number of methoxy groups -OCH3 is 1. The fraction of sp³-hybridized carbons (Fsp3) is 0.613. The molecule has 1 aliphatic heterocycles. The van der Waals surface area contributed by atoms with Crippen molar-refractivity contribution < 1.29 is 33.8 Å². The predicted molar refractivity (Wildman–Crippen MR) is 152 cm³/mol. The number of aliphatic hydroxyl groups is 1. The number of carbonyl (C=O) groups excluding carboxylic acids is 4. The van der Waals surface area contributed by atoms with Crippen molar-refractivity contribution in [3.05, 3.63) is 41.5 Å². The van der Waals surface area contributed by atoms with Gasteiger partial charge in [0.2, 0.25) is 17.7 Å². The monoisotopic (exact) mass is 569 g/mol. The van der Waals surface area contributed by atoms with E-state index in [2.05, 4.69) is 22.0 Å². The van der Waals surface area contributed by atoms with E-state index < -0.39 is 36.0 Å². The Morgan fingerprint density at radius 2 is 1.63 bits per heavy atom. The lowest BCUT2D eigenvalue weighted by Gasteiger charge is -2.27. The molecule has 1 saturated heterocycles. The number of ketones is 1. The summed E-state index contributed by atoms with van der Waals surface area (Å²) in [6.07, 6.45) is 8.18. The maximum Gasteiger partial charge on any atom is 0.243 e. The first kappa shape index (κ1) is 30.7. The number of aliphatic hydroxyl groups excluding tert-OH is 1. The molecule has 1 saturated carbocycles. The molecular formula is C31H43N3O7. The first-order chi connectivity index (χ1) is 19.7. The molecule has 1 heterocycles. The topological polar surface area (TPSA) is 146 Å². The molecule has 1 aromatic rings. The van der Waals surface area contributed by atoms with Crippen LogP contribution in [0, 0.1) is 5.92 Å². The highest BCUT2D eigenvalue weighted by molar-refractivity contribution is 5.96. The molecule has 3 amide bonds. The first-order valence-corrected chi connectivity index (χ1v) is 14.8. The number of nitrogens with one attached hydrogen (secondary N) is 3. The molecule has 0 aromatic heterocycles. The van der Waals surface area contributed by atoms with E-state index in [1.54, 1.807) is 26.2 Å². The molecule has 4 rings (SSSR count). The van der Waals surface area contributed by atoms with Gasteiger partial charge in [-0.3, -0.25) is 19.2 Å². The summed E-state index contributed by atoms with van der Waals surface area (Å²) in [7, 11) is 1.57. The van der Waals surface area contributed by atoms with Gasteiger partial charge in [-0.15, -0.1) is 0 Å². The number of hydrogen-bond donors (Lipinski definition) is 4. The molecule has 4 atom stereocenters. The van der Waals surface area contributed by atoms with Crippen LogP contribution in [0.4, 0.5) is 0 Å². The lowest BCUT2D eigenvalue weighted by Crippen LogP contribution is -2.56. The number of ether oxygens (including phenoxy) is 2. The highest BCUT2D eigenvalue weighted by Gasteiger charge is 2.38. The molecule has 3 aliphatic rings. The number of carbonyl (C=O) groups is 4. The summed E-state index contributed by atoms with van der Waals surface area (Å²) in [5.41, 5.74) is 1.95. The smallest absolute Gasteiger partial charge is 0.243 e. The van der Waals surface area contributed by atoms with E-state index in [4.69, 9.17) is 9.47 Å². The van der Waals surface area contributed by atoms with Gasteiger partial charge in [0.15, 0.2) is 5.78 Å². The van der Waals surface area contributed by atoms with Gasteiger partial charge in [0.1, 0.15) is 23.9 Å². The van der Waals surface area contributed by atoms with Crippen molar-refractivity contribution in [1.29, 1.82) is 0 Å². The fourth-order valence-electron chi connectivity index (χ4n) is 5.52. The maximum absolute atomic E-state index is 13.7. The van der Waals surface area contributed by atoms with Crippen LogP contribution in [0.1, 0.15) is 70.3 Å². The zero-order valence-corrected chi connectivity index (χ0v) is 24.0. The Hall–Kier alpha value is -3.24. The van der Waals surface area contributed by atoms with Gasteiger partial charge >= 0.3 is 0 Å². The predicted octanol–water partition coefficient (Wildman–Crippen LogP) is 2.12. The van der Waals surface area contributed by atoms with Crippen molar-refractivity contribution in [3.63, 3.8) is 0 Å². The molecule has 0 unspecified atom stereocenters. The van der Waals surface area contributed by atoms with Gasteiger partial charge in [0, 0.05) is 12.3 Å². The van der Waals surface area contributed by atoms with E-state index in [0.717, 1.165) is 36.8 Å². The standard InChI is InChI=1S/C31H43N3O7/c1-19(32-30(38)22-10-12-23(35)13-11-22)29(37)34-26(17-21-8-14-24(40-2)15-9-21)31(39)33-25(28(36)27-18-41-27)16-20-6-4-3-5-7-20/h6,8-9,14-15,19,22-23,25-27,35H,3-5,7,10-13,16-18H2,1-2H3,(H,32,38)(H,33,39)(H,34,37)/t19-,22?,23?,25+,26+,27-/m1/s1. The second-order valence-corrected chi connectivity index (χ2v) is 11.4. The molecule has 224 valence electrons. The molecule has 0 radical (unpaired) electrons. The summed E-state index contributed by atoms with van der Waals surface area (Å²) in [5, 5.41) is 18.2. The molecule has 41 heavy (non-hydrogen) atoms. The average molecular weight is 570 g/mol. The number of allylic oxidation sites excluding steroid dienone is 1. The van der Waals surface area contributed by atoms with Gasteiger partial charge in [0.05, 0.1) is 25.9 Å². The molecule has 10 heteroatoms. The van der Waals surface area contributed by atoms with Crippen LogP contribution in [-0.2, 0) is 30.3 Å². The average Bonchev–Trinajstić information content (AvgIpc) is 3.83. The summed E-state index contributed by atoms with van der Waals surface area (Å²) in [6.45, 7) is 1.94. The Kier molecular flexibility index (Phi) is 10.9. The highest BCUT2D eigenvalue weighted by atomic mass is 16.6. The van der Waals surface area contributed by atoms with Crippen LogP contribution in [0.2, 0.25) is 0 Å². The molecule has 4 N–H and O–H groups in total. The lowest BCUT2D eigenvalue weighted by molar-refractivity contribution is -0.134. The van der Waals surface area contributed by atoms with E-state index in [1.807, 2.05) is 12.1 Å². The molecule has 10 nitrogen and oxygen atoms in total. The molecule has 2 aliphatic carbocycles. The molecule has 0 spiro atoms. The van der Waals surface area contributed by atoms with Gasteiger partial charge in [-0.05, 0) is 82.4 Å². The van der Waals surface area contributed by atoms with Gasteiger partial charge in [-0.25, -0.2) is 0 Å². The summed E-state index contributed by atoms with van der Waals surface area (Å²) >= 11 is 0. The number of Topliss-reactive ketones (excluding diaryl/α,β-unsaturated/α-hetero) is 1. The van der Waals surface area contributed by atoms with Crippen molar-refractivity contribution >= 4 is 23.5 Å². The highest BCUT2D eigenvalue weighted by Crippen LogP contribution is 2.25. The summed E-state index contributed by atoms with van der Waals surface area (Å²) in [4.78, 5) is 52.7. The number of amides is 3. The Morgan fingerprint density at radius 3 is 2.24 bits per heavy atom. The minimum atomic E-state index is -0.976. The SMILES string of the molecule is COc1ccc(C[C@H](NC(=O)[C@@H](C)NC(=O)C2CCC(O)CC2)C(=O)N[C@@H](CC2=CCCCC2)C(=O)[C@H]2CO2)cc1. The Morgan fingerprint density at radius 1 is 0.951 bits per heavy atom. The van der Waals surface area contributed by atoms with Crippen molar-refractivity contribution in [2.75, 3.05) is 13.7 Å². The fourth-order valence-corrected chi connectivity index (χ4v) is 5.52. The largest absolute Gasteiger partial charge is 0.497 e. The Balaban J connectivity index is 1.44. The Labute approximate surface area is 241 Å². The summed E-state index contributed by atoms with van der Waals surface area (Å²) in [5.74, 6) is -0.932. The normalized spacial score (nSPS) is 24.2. The van der Waals surface area contributed by atoms with Crippen LogP contribution in [0.25, 0.3) is 0 Å². The second-order valence-electron chi connectivity index (χ2n) is 11.4. The third kappa shape index (κ3) is 9.13. The minimum absolute atomic E-state index is 0.155. The van der Waals surface area contributed by atoms with Gasteiger partial charge in [0.25, 0.3) is 0 Å². The van der Waals surface area contributed by atoms with Crippen molar-refractivity contribution in [2.45, 2.75) is 101 Å². The molecular weight excluding hydrogens is 526 g/mol. The number of epoxide rings is 1. The molecule has 0 bridgehead atoms. The van der Waals surface area contributed by atoms with E-state index in [-0.39, 0.29) is 30.1 Å². The lowest BCUT2D eigenvalue weighted by atomic mass is 9.87. The zero-order valence-electron chi connectivity index (χ0n) is 24.0. The van der Waals surface area contributed by atoms with Crippen LogP contribution >= 0.6 is 0 Å².